The van der Waals surface area contributed by atoms with E-state index in [1.165, 1.54) is 10.9 Å². The van der Waals surface area contributed by atoms with Gasteiger partial charge < -0.3 is 5.32 Å². The minimum atomic E-state index is 0.523. The summed E-state index contributed by atoms with van der Waals surface area (Å²) in [5.74, 6) is 1.07. The highest BCUT2D eigenvalue weighted by molar-refractivity contribution is 5.82. The Morgan fingerprint density at radius 2 is 2.21 bits per heavy atom. The third-order valence-electron chi connectivity index (χ3n) is 2.71. The monoisotopic (exact) mass is 184 g/mol. The van der Waals surface area contributed by atoms with Crippen molar-refractivity contribution in [3.05, 3.63) is 35.9 Å². The predicted molar refractivity (Wildman–Crippen MR) is 58.5 cm³/mol. The second-order valence-corrected chi connectivity index (χ2v) is 3.94. The molecule has 0 saturated heterocycles. The lowest BCUT2D eigenvalue weighted by molar-refractivity contribution is 0.839. The standard InChI is InChI=1S/C12H12N2/c1-8-6-10-7-9-4-2-3-5-11(9)14-12(10)13-8/h2-5,7-8H,6H2,1H3,(H,13,14)/t8-/m0/s1. The van der Waals surface area contributed by atoms with Crippen LogP contribution in [0.4, 0.5) is 5.82 Å². The van der Waals surface area contributed by atoms with Crippen molar-refractivity contribution >= 4 is 16.7 Å². The minimum absolute atomic E-state index is 0.523. The van der Waals surface area contributed by atoms with Gasteiger partial charge in [-0.05, 0) is 31.0 Å². The number of hydrogen-bond donors (Lipinski definition) is 1. The van der Waals surface area contributed by atoms with Crippen molar-refractivity contribution in [1.82, 2.24) is 4.98 Å². The van der Waals surface area contributed by atoms with E-state index in [1.807, 2.05) is 6.07 Å². The zero-order valence-corrected chi connectivity index (χ0v) is 8.12. The first kappa shape index (κ1) is 7.80. The van der Waals surface area contributed by atoms with Gasteiger partial charge in [-0.1, -0.05) is 18.2 Å². The molecule has 0 aliphatic carbocycles. The van der Waals surface area contributed by atoms with Crippen LogP contribution in [0.15, 0.2) is 30.3 Å². The summed E-state index contributed by atoms with van der Waals surface area (Å²) in [5, 5.41) is 4.62. The first-order valence-corrected chi connectivity index (χ1v) is 4.98. The Bertz CT molecular complexity index is 446. The molecule has 0 radical (unpaired) electrons. The normalized spacial score (nSPS) is 19.4. The van der Waals surface area contributed by atoms with Crippen molar-refractivity contribution in [3.63, 3.8) is 0 Å². The second-order valence-electron chi connectivity index (χ2n) is 3.94. The number of nitrogens with one attached hydrogen (secondary N) is 1. The zero-order valence-electron chi connectivity index (χ0n) is 8.12. The topological polar surface area (TPSA) is 24.9 Å². The van der Waals surface area contributed by atoms with E-state index >= 15 is 0 Å². The van der Waals surface area contributed by atoms with Crippen molar-refractivity contribution in [2.45, 2.75) is 19.4 Å². The fraction of sp³-hybridized carbons (Fsp3) is 0.250. The maximum Gasteiger partial charge on any atom is 0.130 e. The molecular weight excluding hydrogens is 172 g/mol. The molecule has 0 saturated carbocycles. The summed E-state index contributed by atoms with van der Waals surface area (Å²) in [6.07, 6.45) is 1.09. The van der Waals surface area contributed by atoms with Crippen LogP contribution in [0.3, 0.4) is 0 Å². The Balaban J connectivity index is 2.27. The molecule has 0 unspecified atom stereocenters. The quantitative estimate of drug-likeness (QED) is 0.680. The van der Waals surface area contributed by atoms with Gasteiger partial charge in [0.15, 0.2) is 0 Å². The Labute approximate surface area is 83.0 Å². The van der Waals surface area contributed by atoms with Gasteiger partial charge in [0, 0.05) is 11.4 Å². The van der Waals surface area contributed by atoms with Crippen LogP contribution in [0.5, 0.6) is 0 Å². The number of anilines is 1. The summed E-state index contributed by atoms with van der Waals surface area (Å²) < 4.78 is 0. The second kappa shape index (κ2) is 2.71. The van der Waals surface area contributed by atoms with E-state index in [0.29, 0.717) is 6.04 Å². The molecule has 1 aromatic carbocycles. The molecule has 1 N–H and O–H groups in total. The fourth-order valence-corrected chi connectivity index (χ4v) is 2.05. The SMILES string of the molecule is C[C@H]1Cc2cc3ccccc3nc2N1. The van der Waals surface area contributed by atoms with E-state index in [1.54, 1.807) is 0 Å². The van der Waals surface area contributed by atoms with Crippen molar-refractivity contribution in [1.29, 1.82) is 0 Å². The van der Waals surface area contributed by atoms with Crippen LogP contribution in [0.2, 0.25) is 0 Å². The van der Waals surface area contributed by atoms with Gasteiger partial charge in [0.05, 0.1) is 5.52 Å². The van der Waals surface area contributed by atoms with E-state index in [0.717, 1.165) is 17.8 Å². The fourth-order valence-electron chi connectivity index (χ4n) is 2.05. The average Bonchev–Trinajstić information content (AvgIpc) is 2.53. The summed E-state index contributed by atoms with van der Waals surface area (Å²) in [6, 6.07) is 11.0. The molecule has 14 heavy (non-hydrogen) atoms. The zero-order chi connectivity index (χ0) is 9.54. The van der Waals surface area contributed by atoms with Gasteiger partial charge in [0.2, 0.25) is 0 Å². The summed E-state index contributed by atoms with van der Waals surface area (Å²) >= 11 is 0. The molecule has 0 fully saturated rings. The van der Waals surface area contributed by atoms with E-state index in [4.69, 9.17) is 0 Å². The average molecular weight is 184 g/mol. The third-order valence-corrected chi connectivity index (χ3v) is 2.71. The molecular formula is C12H12N2. The number of nitrogens with zero attached hydrogens (tertiary/aromatic N) is 1. The van der Waals surface area contributed by atoms with Crippen LogP contribution in [-0.4, -0.2) is 11.0 Å². The van der Waals surface area contributed by atoms with E-state index in [2.05, 4.69) is 41.5 Å². The molecule has 1 aromatic heterocycles. The molecule has 0 amide bonds. The molecule has 0 bridgehead atoms. The number of pyridine rings is 1. The molecule has 1 aliphatic heterocycles. The van der Waals surface area contributed by atoms with Gasteiger partial charge in [-0.3, -0.25) is 0 Å². The van der Waals surface area contributed by atoms with Crippen LogP contribution < -0.4 is 5.32 Å². The van der Waals surface area contributed by atoms with E-state index in [-0.39, 0.29) is 0 Å². The van der Waals surface area contributed by atoms with E-state index in [9.17, 15) is 0 Å². The van der Waals surface area contributed by atoms with Crippen molar-refractivity contribution in [2.24, 2.45) is 0 Å². The number of hydrogen-bond acceptors (Lipinski definition) is 2. The van der Waals surface area contributed by atoms with Crippen LogP contribution >= 0.6 is 0 Å². The summed E-state index contributed by atoms with van der Waals surface area (Å²) in [7, 11) is 0. The van der Waals surface area contributed by atoms with Gasteiger partial charge >= 0.3 is 0 Å². The highest BCUT2D eigenvalue weighted by atomic mass is 15.0. The lowest BCUT2D eigenvalue weighted by Crippen LogP contribution is -2.08. The van der Waals surface area contributed by atoms with Crippen molar-refractivity contribution in [3.8, 4) is 0 Å². The molecule has 0 spiro atoms. The highest BCUT2D eigenvalue weighted by Gasteiger charge is 2.17. The van der Waals surface area contributed by atoms with Crippen LogP contribution in [0.25, 0.3) is 10.9 Å². The molecule has 2 aromatic rings. The maximum atomic E-state index is 4.60. The Morgan fingerprint density at radius 3 is 3.14 bits per heavy atom. The molecule has 3 rings (SSSR count). The van der Waals surface area contributed by atoms with E-state index < -0.39 is 0 Å². The predicted octanol–water partition coefficient (Wildman–Crippen LogP) is 2.59. The summed E-state index contributed by atoms with van der Waals surface area (Å²) in [5.41, 5.74) is 2.42. The van der Waals surface area contributed by atoms with Gasteiger partial charge in [-0.15, -0.1) is 0 Å². The first-order valence-electron chi connectivity index (χ1n) is 4.98. The lowest BCUT2D eigenvalue weighted by Gasteiger charge is -2.02. The van der Waals surface area contributed by atoms with Crippen LogP contribution in [-0.2, 0) is 6.42 Å². The largest absolute Gasteiger partial charge is 0.367 e. The highest BCUT2D eigenvalue weighted by Crippen LogP contribution is 2.27. The number of rotatable bonds is 0. The maximum absolute atomic E-state index is 4.60. The molecule has 1 atom stereocenters. The Kier molecular flexibility index (Phi) is 1.51. The number of para-hydroxylation sites is 1. The van der Waals surface area contributed by atoms with Crippen LogP contribution in [0, 0.1) is 0 Å². The number of aromatic nitrogens is 1. The Hall–Kier alpha value is -1.57. The van der Waals surface area contributed by atoms with Crippen molar-refractivity contribution in [2.75, 3.05) is 5.32 Å². The van der Waals surface area contributed by atoms with Crippen LogP contribution in [0.1, 0.15) is 12.5 Å². The smallest absolute Gasteiger partial charge is 0.130 e. The first-order chi connectivity index (χ1) is 6.83. The molecule has 70 valence electrons. The summed E-state index contributed by atoms with van der Waals surface area (Å²) in [4.78, 5) is 4.60. The molecule has 1 aliphatic rings. The molecule has 2 heteroatoms. The molecule has 2 heterocycles. The van der Waals surface area contributed by atoms with Crippen molar-refractivity contribution < 1.29 is 0 Å². The van der Waals surface area contributed by atoms with Gasteiger partial charge in [0.25, 0.3) is 0 Å². The number of fused-ring (bicyclic) bond motifs is 2. The molecule has 2 nitrogen and oxygen atoms in total. The van der Waals surface area contributed by atoms with Gasteiger partial charge in [0.1, 0.15) is 5.82 Å². The third kappa shape index (κ3) is 1.07. The van der Waals surface area contributed by atoms with Gasteiger partial charge in [-0.2, -0.15) is 0 Å². The number of benzene rings is 1. The van der Waals surface area contributed by atoms with Gasteiger partial charge in [-0.25, -0.2) is 4.98 Å². The Morgan fingerprint density at radius 1 is 1.36 bits per heavy atom. The summed E-state index contributed by atoms with van der Waals surface area (Å²) in [6.45, 7) is 2.19. The lowest BCUT2D eigenvalue weighted by atomic mass is 10.1. The minimum Gasteiger partial charge on any atom is -0.367 e.